The molecule has 1 aliphatic heterocycles. The van der Waals surface area contributed by atoms with Crippen LogP contribution in [0.2, 0.25) is 0 Å². The van der Waals surface area contributed by atoms with Crippen LogP contribution in [0.25, 0.3) is 0 Å². The third-order valence-corrected chi connectivity index (χ3v) is 4.91. The van der Waals surface area contributed by atoms with Gasteiger partial charge in [-0.25, -0.2) is 14.0 Å². The van der Waals surface area contributed by atoms with Gasteiger partial charge in [0.05, 0.1) is 25.4 Å². The summed E-state index contributed by atoms with van der Waals surface area (Å²) in [6, 6.07) is 10.2. The van der Waals surface area contributed by atoms with E-state index in [1.165, 1.54) is 43.2 Å². The number of nitrogens with one attached hydrogen (secondary N) is 1. The number of allylic oxidation sites excluding steroid dienone is 1. The normalized spacial score (nSPS) is 14.9. The van der Waals surface area contributed by atoms with E-state index in [1.54, 1.807) is 12.1 Å². The SMILES string of the molecule is COC(=O)C1=C(C(=O)c2ccc(F)cc2)[C@H](c2ccc(C(=O)OC)cc2)n2nnnc2N1. The summed E-state index contributed by atoms with van der Waals surface area (Å²) in [4.78, 5) is 37.9. The molecule has 1 aromatic heterocycles. The Kier molecular flexibility index (Phi) is 5.46. The van der Waals surface area contributed by atoms with Gasteiger partial charge in [-0.3, -0.25) is 4.79 Å². The second kappa shape index (κ2) is 8.38. The average molecular weight is 437 g/mol. The standard InChI is InChI=1S/C21H16FN5O5/c1-31-19(29)13-5-3-11(4-6-13)17-15(18(28)12-7-9-14(22)10-8-12)16(20(30)32-2)23-21-24-25-26-27(17)21/h3-10,17H,1-2H3,(H,23,24,26)/t17-/m0/s1. The fourth-order valence-corrected chi connectivity index (χ4v) is 3.37. The molecule has 0 aliphatic carbocycles. The number of carbonyl (C=O) groups excluding carboxylic acids is 3. The molecule has 1 atom stereocenters. The van der Waals surface area contributed by atoms with Crippen molar-refractivity contribution in [1.82, 2.24) is 20.2 Å². The van der Waals surface area contributed by atoms with Crippen molar-refractivity contribution in [2.24, 2.45) is 0 Å². The summed E-state index contributed by atoms with van der Waals surface area (Å²) in [6.45, 7) is 0. The minimum absolute atomic E-state index is 0.00548. The van der Waals surface area contributed by atoms with Gasteiger partial charge in [0.25, 0.3) is 0 Å². The van der Waals surface area contributed by atoms with E-state index in [-0.39, 0.29) is 22.8 Å². The van der Waals surface area contributed by atoms with Gasteiger partial charge in [0.1, 0.15) is 17.6 Å². The van der Waals surface area contributed by atoms with E-state index in [2.05, 4.69) is 20.8 Å². The molecule has 0 bridgehead atoms. The van der Waals surface area contributed by atoms with Crippen molar-refractivity contribution in [3.05, 3.63) is 82.3 Å². The van der Waals surface area contributed by atoms with Gasteiger partial charge in [0, 0.05) is 5.56 Å². The van der Waals surface area contributed by atoms with Crippen LogP contribution in [-0.4, -0.2) is 52.1 Å². The molecule has 4 rings (SSSR count). The predicted molar refractivity (Wildman–Crippen MR) is 107 cm³/mol. The lowest BCUT2D eigenvalue weighted by Crippen LogP contribution is -2.33. The highest BCUT2D eigenvalue weighted by molar-refractivity contribution is 6.14. The second-order valence-corrected chi connectivity index (χ2v) is 6.70. The summed E-state index contributed by atoms with van der Waals surface area (Å²) in [5.41, 5.74) is 0.808. The number of Topliss-reactive ketones (excluding diaryl/α,β-unsaturated/α-hetero) is 1. The zero-order chi connectivity index (χ0) is 22.8. The van der Waals surface area contributed by atoms with Gasteiger partial charge in [0.2, 0.25) is 5.95 Å². The van der Waals surface area contributed by atoms with E-state index in [4.69, 9.17) is 9.47 Å². The van der Waals surface area contributed by atoms with Crippen LogP contribution in [0.4, 0.5) is 10.3 Å². The lowest BCUT2D eigenvalue weighted by molar-refractivity contribution is -0.136. The Bertz CT molecular complexity index is 1230. The fraction of sp³-hybridized carbons (Fsp3) is 0.143. The monoisotopic (exact) mass is 437 g/mol. The number of hydrogen-bond acceptors (Lipinski definition) is 9. The number of esters is 2. The molecule has 162 valence electrons. The van der Waals surface area contributed by atoms with E-state index in [0.717, 1.165) is 12.1 Å². The molecule has 0 amide bonds. The number of ketones is 1. The van der Waals surface area contributed by atoms with Crippen molar-refractivity contribution in [2.75, 3.05) is 19.5 Å². The molecule has 32 heavy (non-hydrogen) atoms. The first-order valence-electron chi connectivity index (χ1n) is 9.30. The number of benzene rings is 2. The Balaban J connectivity index is 1.90. The molecule has 1 aliphatic rings. The minimum atomic E-state index is -0.931. The summed E-state index contributed by atoms with van der Waals surface area (Å²) >= 11 is 0. The first kappa shape index (κ1) is 20.8. The summed E-state index contributed by atoms with van der Waals surface area (Å²) < 4.78 is 24.3. The van der Waals surface area contributed by atoms with E-state index in [1.807, 2.05) is 0 Å². The van der Waals surface area contributed by atoms with Gasteiger partial charge >= 0.3 is 11.9 Å². The average Bonchev–Trinajstić information content (AvgIpc) is 3.30. The number of aromatic nitrogens is 4. The zero-order valence-electron chi connectivity index (χ0n) is 16.9. The fourth-order valence-electron chi connectivity index (χ4n) is 3.37. The summed E-state index contributed by atoms with van der Waals surface area (Å²) in [6.07, 6.45) is 0. The van der Waals surface area contributed by atoms with Crippen LogP contribution < -0.4 is 5.32 Å². The van der Waals surface area contributed by atoms with Crippen LogP contribution in [0.5, 0.6) is 0 Å². The maximum Gasteiger partial charge on any atom is 0.355 e. The van der Waals surface area contributed by atoms with E-state index in [9.17, 15) is 18.8 Å². The first-order chi connectivity index (χ1) is 15.4. The molecule has 0 unspecified atom stereocenters. The lowest BCUT2D eigenvalue weighted by Gasteiger charge is -2.28. The van der Waals surface area contributed by atoms with Gasteiger partial charge in [0.15, 0.2) is 5.78 Å². The minimum Gasteiger partial charge on any atom is -0.465 e. The summed E-state index contributed by atoms with van der Waals surface area (Å²) in [5, 5.41) is 14.2. The third-order valence-electron chi connectivity index (χ3n) is 4.91. The molecular weight excluding hydrogens is 421 g/mol. The smallest absolute Gasteiger partial charge is 0.355 e. The molecule has 3 aromatic rings. The number of halogens is 1. The number of nitrogens with zero attached hydrogens (tertiary/aromatic N) is 4. The highest BCUT2D eigenvalue weighted by atomic mass is 19.1. The largest absolute Gasteiger partial charge is 0.465 e. The summed E-state index contributed by atoms with van der Waals surface area (Å²) in [5.74, 6) is -2.29. The molecule has 2 aromatic carbocycles. The Labute approximate surface area is 180 Å². The number of rotatable bonds is 5. The summed E-state index contributed by atoms with van der Waals surface area (Å²) in [7, 11) is 2.44. The number of tetrazole rings is 1. The maximum atomic E-state index is 13.5. The van der Waals surface area contributed by atoms with Crippen LogP contribution >= 0.6 is 0 Å². The van der Waals surface area contributed by atoms with Gasteiger partial charge in [-0.15, -0.1) is 0 Å². The van der Waals surface area contributed by atoms with Crippen LogP contribution in [0, 0.1) is 5.82 Å². The predicted octanol–water partition coefficient (Wildman–Crippen LogP) is 1.92. The molecule has 11 heteroatoms. The molecular formula is C21H16FN5O5. The van der Waals surface area contributed by atoms with Gasteiger partial charge in [-0.05, 0) is 52.4 Å². The molecule has 0 spiro atoms. The van der Waals surface area contributed by atoms with E-state index < -0.39 is 29.6 Å². The van der Waals surface area contributed by atoms with Gasteiger partial charge in [-0.1, -0.05) is 17.2 Å². The number of ether oxygens (including phenoxy) is 2. The zero-order valence-corrected chi connectivity index (χ0v) is 16.9. The number of hydrogen-bond donors (Lipinski definition) is 1. The Morgan fingerprint density at radius 2 is 1.56 bits per heavy atom. The van der Waals surface area contributed by atoms with Crippen molar-refractivity contribution in [1.29, 1.82) is 0 Å². The molecule has 10 nitrogen and oxygen atoms in total. The number of fused-ring (bicyclic) bond motifs is 1. The molecule has 2 heterocycles. The van der Waals surface area contributed by atoms with Crippen LogP contribution in [0.15, 0.2) is 59.8 Å². The number of methoxy groups -OCH3 is 2. The van der Waals surface area contributed by atoms with E-state index >= 15 is 0 Å². The molecule has 0 saturated carbocycles. The number of carbonyl (C=O) groups is 3. The van der Waals surface area contributed by atoms with Gasteiger partial charge in [-0.2, -0.15) is 4.68 Å². The Morgan fingerprint density at radius 3 is 2.19 bits per heavy atom. The maximum absolute atomic E-state index is 13.5. The van der Waals surface area contributed by atoms with Crippen molar-refractivity contribution < 1.29 is 28.2 Å². The second-order valence-electron chi connectivity index (χ2n) is 6.70. The van der Waals surface area contributed by atoms with E-state index in [0.29, 0.717) is 11.1 Å². The lowest BCUT2D eigenvalue weighted by atomic mass is 9.89. The highest BCUT2D eigenvalue weighted by Gasteiger charge is 2.38. The van der Waals surface area contributed by atoms with Gasteiger partial charge < -0.3 is 14.8 Å². The first-order valence-corrected chi connectivity index (χ1v) is 9.30. The molecule has 0 fully saturated rings. The van der Waals surface area contributed by atoms with Crippen molar-refractivity contribution in [3.63, 3.8) is 0 Å². The topological polar surface area (TPSA) is 125 Å². The van der Waals surface area contributed by atoms with Crippen molar-refractivity contribution in [2.45, 2.75) is 6.04 Å². The Morgan fingerprint density at radius 1 is 0.938 bits per heavy atom. The van der Waals surface area contributed by atoms with Crippen LogP contribution in [-0.2, 0) is 14.3 Å². The number of anilines is 1. The van der Waals surface area contributed by atoms with Crippen LogP contribution in [0.3, 0.4) is 0 Å². The highest BCUT2D eigenvalue weighted by Crippen LogP contribution is 2.36. The third kappa shape index (κ3) is 3.60. The molecule has 1 N–H and O–H groups in total. The van der Waals surface area contributed by atoms with Crippen molar-refractivity contribution >= 4 is 23.7 Å². The van der Waals surface area contributed by atoms with Crippen LogP contribution in [0.1, 0.15) is 32.3 Å². The Hall–Kier alpha value is -4.41. The molecule has 0 saturated heterocycles. The quantitative estimate of drug-likeness (QED) is 0.471. The van der Waals surface area contributed by atoms with Crippen molar-refractivity contribution in [3.8, 4) is 0 Å². The molecule has 0 radical (unpaired) electrons.